The molecule has 1 aliphatic rings. The summed E-state index contributed by atoms with van der Waals surface area (Å²) in [7, 11) is 1.26. The van der Waals surface area contributed by atoms with Crippen LogP contribution in [-0.4, -0.2) is 35.5 Å². The van der Waals surface area contributed by atoms with Gasteiger partial charge in [-0.05, 0) is 29.9 Å². The first-order valence-corrected chi connectivity index (χ1v) is 8.66. The summed E-state index contributed by atoms with van der Waals surface area (Å²) in [5.41, 5.74) is 2.05. The Bertz CT molecular complexity index is 896. The van der Waals surface area contributed by atoms with E-state index in [-0.39, 0.29) is 23.3 Å². The zero-order valence-electron chi connectivity index (χ0n) is 14.7. The first kappa shape index (κ1) is 18.6. The predicted octanol–water partition coefficient (Wildman–Crippen LogP) is 2.50. The van der Waals surface area contributed by atoms with E-state index >= 15 is 0 Å². The lowest BCUT2D eigenvalue weighted by Crippen LogP contribution is -2.35. The van der Waals surface area contributed by atoms with Crippen molar-refractivity contribution in [3.05, 3.63) is 71.4 Å². The molecule has 1 heterocycles. The Kier molecular flexibility index (Phi) is 5.83. The molecule has 1 N–H and O–H groups in total. The number of benzene rings is 2. The third-order valence-electron chi connectivity index (χ3n) is 3.93. The van der Waals surface area contributed by atoms with E-state index in [1.54, 1.807) is 6.08 Å². The van der Waals surface area contributed by atoms with Crippen LogP contribution in [-0.2, 0) is 20.9 Å². The summed E-state index contributed by atoms with van der Waals surface area (Å²) in [6, 6.07) is 17.2. The number of carbonyl (C=O) groups is 2. The van der Waals surface area contributed by atoms with Gasteiger partial charge >= 0.3 is 5.97 Å². The van der Waals surface area contributed by atoms with Crippen LogP contribution in [0.5, 0.6) is 5.75 Å². The van der Waals surface area contributed by atoms with Crippen LogP contribution in [0.3, 0.4) is 0 Å². The first-order valence-electron chi connectivity index (χ1n) is 8.25. The second kappa shape index (κ2) is 8.46. The molecule has 3 rings (SSSR count). The molecule has 0 aliphatic carbocycles. The molecular formula is C20H18N2O4S. The molecule has 0 radical (unpaired) electrons. The minimum absolute atomic E-state index is 0.166. The summed E-state index contributed by atoms with van der Waals surface area (Å²) < 4.78 is 10.5. The van der Waals surface area contributed by atoms with Crippen molar-refractivity contribution in [3.63, 3.8) is 0 Å². The number of hydrogen-bond acceptors (Lipinski definition) is 5. The second-order valence-electron chi connectivity index (χ2n) is 5.77. The Morgan fingerprint density at radius 2 is 1.85 bits per heavy atom. The Morgan fingerprint density at radius 3 is 2.59 bits per heavy atom. The molecule has 2 aromatic carbocycles. The van der Waals surface area contributed by atoms with E-state index in [1.807, 2.05) is 54.6 Å². The highest BCUT2D eigenvalue weighted by molar-refractivity contribution is 7.80. The molecule has 0 aromatic heterocycles. The molecule has 1 aliphatic heterocycles. The van der Waals surface area contributed by atoms with Gasteiger partial charge < -0.3 is 14.8 Å². The third kappa shape index (κ3) is 4.51. The normalized spacial score (nSPS) is 15.0. The lowest BCUT2D eigenvalue weighted by Gasteiger charge is -2.11. The number of esters is 1. The number of carbonyl (C=O) groups excluding carboxylic acids is 2. The van der Waals surface area contributed by atoms with E-state index in [2.05, 4.69) is 10.1 Å². The van der Waals surface area contributed by atoms with Crippen LogP contribution in [0.1, 0.15) is 11.1 Å². The molecule has 27 heavy (non-hydrogen) atoms. The van der Waals surface area contributed by atoms with Crippen LogP contribution in [0.4, 0.5) is 0 Å². The zero-order valence-corrected chi connectivity index (χ0v) is 15.5. The largest absolute Gasteiger partial charge is 0.488 e. The molecule has 7 heteroatoms. The number of rotatable bonds is 6. The van der Waals surface area contributed by atoms with Crippen LogP contribution in [0, 0.1) is 0 Å². The molecule has 0 saturated carbocycles. The topological polar surface area (TPSA) is 67.9 Å². The summed E-state index contributed by atoms with van der Waals surface area (Å²) in [5.74, 6) is -0.288. The molecule has 0 bridgehead atoms. The van der Waals surface area contributed by atoms with Crippen molar-refractivity contribution in [2.24, 2.45) is 0 Å². The number of hydrogen-bond donors (Lipinski definition) is 1. The predicted molar refractivity (Wildman–Crippen MR) is 105 cm³/mol. The van der Waals surface area contributed by atoms with Crippen LogP contribution in [0.2, 0.25) is 0 Å². The monoisotopic (exact) mass is 382 g/mol. The lowest BCUT2D eigenvalue weighted by molar-refractivity contribution is -0.143. The van der Waals surface area contributed by atoms with Crippen molar-refractivity contribution >= 4 is 35.3 Å². The van der Waals surface area contributed by atoms with Gasteiger partial charge in [0.25, 0.3) is 5.91 Å². The summed E-state index contributed by atoms with van der Waals surface area (Å²) in [4.78, 5) is 25.1. The van der Waals surface area contributed by atoms with Gasteiger partial charge in [0.1, 0.15) is 24.6 Å². The average Bonchev–Trinajstić information content (AvgIpc) is 2.95. The molecule has 0 spiro atoms. The third-order valence-corrected chi connectivity index (χ3v) is 4.26. The molecular weight excluding hydrogens is 364 g/mol. The number of ether oxygens (including phenoxy) is 2. The van der Waals surface area contributed by atoms with Gasteiger partial charge in [-0.25, -0.2) is 0 Å². The number of methoxy groups -OCH3 is 1. The van der Waals surface area contributed by atoms with Crippen molar-refractivity contribution in [1.29, 1.82) is 0 Å². The van der Waals surface area contributed by atoms with Gasteiger partial charge in [0.2, 0.25) is 0 Å². The standard InChI is InChI=1S/C20H18N2O4S/c1-25-18(23)12-22-19(24)16(21-20(22)27)11-15-9-5-6-10-17(15)26-13-14-7-3-2-4-8-14/h2-11H,12-13H2,1H3,(H,21,27)/b16-11-. The molecule has 0 unspecified atom stereocenters. The molecule has 138 valence electrons. The van der Waals surface area contributed by atoms with Gasteiger partial charge in [-0.2, -0.15) is 0 Å². The smallest absolute Gasteiger partial charge is 0.325 e. The minimum atomic E-state index is -0.541. The molecule has 0 atom stereocenters. The lowest BCUT2D eigenvalue weighted by atomic mass is 10.1. The van der Waals surface area contributed by atoms with Gasteiger partial charge in [0, 0.05) is 5.56 Å². The fourth-order valence-corrected chi connectivity index (χ4v) is 2.79. The number of nitrogens with zero attached hydrogens (tertiary/aromatic N) is 1. The minimum Gasteiger partial charge on any atom is -0.488 e. The maximum Gasteiger partial charge on any atom is 0.325 e. The van der Waals surface area contributed by atoms with E-state index in [0.717, 1.165) is 11.1 Å². The second-order valence-corrected chi connectivity index (χ2v) is 6.15. The Balaban J connectivity index is 1.78. The maximum absolute atomic E-state index is 12.5. The van der Waals surface area contributed by atoms with Crippen LogP contribution in [0.25, 0.3) is 6.08 Å². The van der Waals surface area contributed by atoms with Gasteiger partial charge in [0.15, 0.2) is 5.11 Å². The van der Waals surface area contributed by atoms with Gasteiger partial charge in [-0.1, -0.05) is 48.5 Å². The van der Waals surface area contributed by atoms with E-state index < -0.39 is 5.97 Å². The average molecular weight is 382 g/mol. The van der Waals surface area contributed by atoms with Gasteiger partial charge in [0.05, 0.1) is 7.11 Å². The maximum atomic E-state index is 12.5. The molecule has 1 fully saturated rings. The van der Waals surface area contributed by atoms with E-state index in [9.17, 15) is 9.59 Å². The quantitative estimate of drug-likeness (QED) is 0.470. The zero-order chi connectivity index (χ0) is 19.2. The fraction of sp³-hybridized carbons (Fsp3) is 0.150. The highest BCUT2D eigenvalue weighted by Crippen LogP contribution is 2.23. The first-order chi connectivity index (χ1) is 13.1. The highest BCUT2D eigenvalue weighted by Gasteiger charge is 2.32. The van der Waals surface area contributed by atoms with Crippen molar-refractivity contribution in [2.45, 2.75) is 6.61 Å². The summed E-state index contributed by atoms with van der Waals surface area (Å²) in [6.45, 7) is 0.180. The molecule has 2 aromatic rings. The van der Waals surface area contributed by atoms with Gasteiger partial charge in [-0.15, -0.1) is 0 Å². The summed E-state index contributed by atoms with van der Waals surface area (Å²) >= 11 is 5.14. The number of nitrogens with one attached hydrogen (secondary N) is 1. The van der Waals surface area contributed by atoms with Crippen molar-refractivity contribution in [2.75, 3.05) is 13.7 Å². The summed E-state index contributed by atoms with van der Waals surface area (Å²) in [6.07, 6.45) is 1.66. The van der Waals surface area contributed by atoms with Crippen molar-refractivity contribution in [1.82, 2.24) is 10.2 Å². The highest BCUT2D eigenvalue weighted by atomic mass is 32.1. The fourth-order valence-electron chi connectivity index (χ4n) is 2.53. The Hall–Kier alpha value is -3.19. The van der Waals surface area contributed by atoms with Gasteiger partial charge in [-0.3, -0.25) is 14.5 Å². The summed E-state index contributed by atoms with van der Waals surface area (Å²) in [5, 5.41) is 3.00. The molecule has 6 nitrogen and oxygen atoms in total. The van der Waals surface area contributed by atoms with Crippen molar-refractivity contribution < 1.29 is 19.1 Å². The van der Waals surface area contributed by atoms with E-state index in [4.69, 9.17) is 17.0 Å². The van der Waals surface area contributed by atoms with Crippen LogP contribution < -0.4 is 10.1 Å². The SMILES string of the molecule is COC(=O)CN1C(=O)/C(=C/c2ccccc2OCc2ccccc2)NC1=S. The van der Waals surface area contributed by atoms with Crippen molar-refractivity contribution in [3.8, 4) is 5.75 Å². The van der Waals surface area contributed by atoms with Crippen LogP contribution in [0.15, 0.2) is 60.3 Å². The van der Waals surface area contributed by atoms with Crippen LogP contribution >= 0.6 is 12.2 Å². The Labute approximate surface area is 162 Å². The number of para-hydroxylation sites is 1. The van der Waals surface area contributed by atoms with E-state index in [0.29, 0.717) is 12.4 Å². The molecule has 1 saturated heterocycles. The number of amides is 1. The molecule has 1 amide bonds. The Morgan fingerprint density at radius 1 is 1.15 bits per heavy atom. The number of thiocarbonyl (C=S) groups is 1. The van der Waals surface area contributed by atoms with E-state index in [1.165, 1.54) is 12.0 Å².